The number of fused-ring (bicyclic) bond motifs is 1. The number of carbonyl (C=O) groups is 2. The van der Waals surface area contributed by atoms with E-state index in [-0.39, 0.29) is 29.4 Å². The lowest BCUT2D eigenvalue weighted by Gasteiger charge is -2.19. The number of rotatable bonds is 1. The van der Waals surface area contributed by atoms with Crippen LogP contribution in [0.3, 0.4) is 0 Å². The van der Waals surface area contributed by atoms with Gasteiger partial charge < -0.3 is 5.11 Å². The summed E-state index contributed by atoms with van der Waals surface area (Å²) in [5, 5.41) is 11.9. The number of phenolic OH excluding ortho intramolecular Hbond substituents is 1. The topological polar surface area (TPSA) is 66.4 Å². The molecule has 1 aromatic carbocycles. The van der Waals surface area contributed by atoms with Crippen LogP contribution in [0.25, 0.3) is 6.08 Å². The summed E-state index contributed by atoms with van der Waals surface area (Å²) in [6.45, 7) is 1.83. The smallest absolute Gasteiger partial charge is 0.234 e. The Morgan fingerprint density at radius 1 is 1.30 bits per heavy atom. The molecule has 1 aliphatic carbocycles. The molecule has 0 radical (unpaired) electrons. The Morgan fingerprint density at radius 3 is 2.85 bits per heavy atom. The van der Waals surface area contributed by atoms with E-state index < -0.39 is 0 Å². The van der Waals surface area contributed by atoms with Crippen molar-refractivity contribution < 1.29 is 14.7 Å². The minimum Gasteiger partial charge on any atom is -0.508 e. The first-order valence-electron chi connectivity index (χ1n) is 6.58. The van der Waals surface area contributed by atoms with Crippen molar-refractivity contribution in [2.75, 3.05) is 0 Å². The zero-order valence-corrected chi connectivity index (χ0v) is 11.1. The first-order valence-corrected chi connectivity index (χ1v) is 6.58. The Hall–Kier alpha value is -2.36. The summed E-state index contributed by atoms with van der Waals surface area (Å²) >= 11 is 0. The van der Waals surface area contributed by atoms with Gasteiger partial charge in [0.05, 0.1) is 11.8 Å². The fraction of sp³-hybridized carbons (Fsp3) is 0.250. The summed E-state index contributed by atoms with van der Waals surface area (Å²) in [5.74, 6) is -0.945. The third kappa shape index (κ3) is 2.03. The molecule has 3 rings (SSSR count). The van der Waals surface area contributed by atoms with Gasteiger partial charge in [0.1, 0.15) is 5.75 Å². The third-order valence-corrected chi connectivity index (χ3v) is 3.86. The molecule has 1 fully saturated rings. The van der Waals surface area contributed by atoms with Gasteiger partial charge in [-0.25, -0.2) is 0 Å². The molecule has 2 aliphatic rings. The maximum absolute atomic E-state index is 11.9. The molecule has 0 saturated carbocycles. The minimum absolute atomic E-state index is 0.217. The van der Waals surface area contributed by atoms with E-state index in [1.54, 1.807) is 12.1 Å². The fourth-order valence-corrected chi connectivity index (χ4v) is 2.80. The maximum atomic E-state index is 11.9. The van der Waals surface area contributed by atoms with Crippen molar-refractivity contribution >= 4 is 17.9 Å². The van der Waals surface area contributed by atoms with Crippen LogP contribution < -0.4 is 5.32 Å². The van der Waals surface area contributed by atoms with Crippen molar-refractivity contribution in [1.29, 1.82) is 0 Å². The largest absolute Gasteiger partial charge is 0.508 e. The zero-order valence-electron chi connectivity index (χ0n) is 11.1. The average molecular weight is 269 g/mol. The van der Waals surface area contributed by atoms with Crippen molar-refractivity contribution in [3.8, 4) is 5.75 Å². The van der Waals surface area contributed by atoms with Crippen molar-refractivity contribution in [3.63, 3.8) is 0 Å². The minimum atomic E-state index is -0.387. The van der Waals surface area contributed by atoms with Crippen LogP contribution in [0.15, 0.2) is 35.9 Å². The highest BCUT2D eigenvalue weighted by molar-refractivity contribution is 6.08. The highest BCUT2D eigenvalue weighted by atomic mass is 16.3. The van der Waals surface area contributed by atoms with Gasteiger partial charge in [-0.2, -0.15) is 0 Å². The second-order valence-electron chi connectivity index (χ2n) is 5.25. The molecule has 1 heterocycles. The number of imide groups is 1. The van der Waals surface area contributed by atoms with Gasteiger partial charge in [0.2, 0.25) is 11.8 Å². The van der Waals surface area contributed by atoms with E-state index in [0.717, 1.165) is 16.7 Å². The van der Waals surface area contributed by atoms with Crippen molar-refractivity contribution in [2.45, 2.75) is 13.3 Å². The number of aryl methyl sites for hydroxylation is 1. The number of hydrogen-bond donors (Lipinski definition) is 2. The van der Waals surface area contributed by atoms with Crippen LogP contribution in [0.1, 0.15) is 17.5 Å². The molecular weight excluding hydrogens is 254 g/mol. The Balaban J connectivity index is 1.98. The third-order valence-electron chi connectivity index (χ3n) is 3.86. The summed E-state index contributed by atoms with van der Waals surface area (Å²) in [4.78, 5) is 23.6. The average Bonchev–Trinajstić information content (AvgIpc) is 2.71. The molecule has 0 spiro atoms. The van der Waals surface area contributed by atoms with E-state index in [1.807, 2.05) is 31.2 Å². The molecule has 4 heteroatoms. The van der Waals surface area contributed by atoms with Crippen molar-refractivity contribution in [1.82, 2.24) is 5.32 Å². The Kier molecular flexibility index (Phi) is 2.93. The second kappa shape index (κ2) is 4.63. The predicted molar refractivity (Wildman–Crippen MR) is 74.7 cm³/mol. The molecule has 2 N–H and O–H groups in total. The van der Waals surface area contributed by atoms with Crippen LogP contribution in [0, 0.1) is 18.8 Å². The van der Waals surface area contributed by atoms with E-state index in [9.17, 15) is 14.7 Å². The number of hydrogen-bond acceptors (Lipinski definition) is 3. The molecule has 102 valence electrons. The van der Waals surface area contributed by atoms with Crippen LogP contribution in [0.2, 0.25) is 0 Å². The normalized spacial score (nSPS) is 26.8. The van der Waals surface area contributed by atoms with Crippen LogP contribution >= 0.6 is 0 Å². The number of aromatic hydroxyl groups is 1. The molecule has 4 nitrogen and oxygen atoms in total. The van der Waals surface area contributed by atoms with Gasteiger partial charge in [-0.05, 0) is 36.6 Å². The van der Waals surface area contributed by atoms with Crippen LogP contribution in [-0.2, 0) is 9.59 Å². The quantitative estimate of drug-likeness (QED) is 0.604. The Morgan fingerprint density at radius 2 is 2.10 bits per heavy atom. The van der Waals surface area contributed by atoms with Gasteiger partial charge in [-0.15, -0.1) is 0 Å². The lowest BCUT2D eigenvalue weighted by atomic mass is 9.81. The summed E-state index contributed by atoms with van der Waals surface area (Å²) in [7, 11) is 0. The number of benzene rings is 1. The number of amides is 2. The highest BCUT2D eigenvalue weighted by Crippen LogP contribution is 2.35. The maximum Gasteiger partial charge on any atom is 0.234 e. The zero-order chi connectivity index (χ0) is 14.3. The Bertz CT molecular complexity index is 658. The SMILES string of the molecule is Cc1cc(/C=C2\CC=CC3C(=O)NC(=O)C23)ccc1O. The molecule has 1 aromatic rings. The molecular formula is C16H15NO3. The van der Waals surface area contributed by atoms with E-state index in [4.69, 9.17) is 0 Å². The van der Waals surface area contributed by atoms with Crippen LogP contribution in [0.5, 0.6) is 5.75 Å². The van der Waals surface area contributed by atoms with E-state index >= 15 is 0 Å². The Labute approximate surface area is 116 Å². The number of allylic oxidation sites excluding steroid dienone is 1. The number of phenols is 1. The van der Waals surface area contributed by atoms with Gasteiger partial charge >= 0.3 is 0 Å². The first-order chi connectivity index (χ1) is 9.56. The van der Waals surface area contributed by atoms with Crippen molar-refractivity contribution in [3.05, 3.63) is 47.1 Å². The molecule has 1 saturated heterocycles. The lowest BCUT2D eigenvalue weighted by molar-refractivity contribution is -0.125. The summed E-state index contributed by atoms with van der Waals surface area (Å²) in [6, 6.07) is 5.30. The van der Waals surface area contributed by atoms with Gasteiger partial charge in [-0.1, -0.05) is 29.9 Å². The van der Waals surface area contributed by atoms with Crippen molar-refractivity contribution in [2.24, 2.45) is 11.8 Å². The van der Waals surface area contributed by atoms with Gasteiger partial charge in [0.25, 0.3) is 0 Å². The molecule has 2 atom stereocenters. The standard InChI is InChI=1S/C16H15NO3/c1-9-7-10(5-6-13(9)18)8-11-3-2-4-12-14(11)16(20)17-15(12)19/h2,4-8,12,14,18H,3H2,1H3,(H,17,19,20)/b11-8+. The van der Waals surface area contributed by atoms with Crippen LogP contribution in [0.4, 0.5) is 0 Å². The molecule has 2 unspecified atom stereocenters. The number of nitrogens with one attached hydrogen (secondary N) is 1. The molecule has 1 aliphatic heterocycles. The second-order valence-corrected chi connectivity index (χ2v) is 5.25. The van der Waals surface area contributed by atoms with E-state index in [0.29, 0.717) is 6.42 Å². The molecule has 0 bridgehead atoms. The monoisotopic (exact) mass is 269 g/mol. The summed E-state index contributed by atoms with van der Waals surface area (Å²) in [6.07, 6.45) is 6.34. The summed E-state index contributed by atoms with van der Waals surface area (Å²) in [5.41, 5.74) is 2.65. The molecule has 0 aromatic heterocycles. The fourth-order valence-electron chi connectivity index (χ4n) is 2.80. The van der Waals surface area contributed by atoms with Crippen LogP contribution in [-0.4, -0.2) is 16.9 Å². The summed E-state index contributed by atoms with van der Waals surface area (Å²) < 4.78 is 0. The first kappa shape index (κ1) is 12.7. The molecule has 20 heavy (non-hydrogen) atoms. The van der Waals surface area contributed by atoms with Gasteiger partial charge in [0.15, 0.2) is 0 Å². The van der Waals surface area contributed by atoms with Gasteiger partial charge in [-0.3, -0.25) is 14.9 Å². The number of carbonyl (C=O) groups excluding carboxylic acids is 2. The van der Waals surface area contributed by atoms with Gasteiger partial charge in [0, 0.05) is 0 Å². The van der Waals surface area contributed by atoms with E-state index in [1.165, 1.54) is 0 Å². The highest BCUT2D eigenvalue weighted by Gasteiger charge is 2.43. The lowest BCUT2D eigenvalue weighted by Crippen LogP contribution is -2.22. The predicted octanol–water partition coefficient (Wildman–Crippen LogP) is 1.93. The van der Waals surface area contributed by atoms with E-state index in [2.05, 4.69) is 5.32 Å². The molecule has 2 amide bonds.